The van der Waals surface area contributed by atoms with Gasteiger partial charge in [-0.2, -0.15) is 5.26 Å². The van der Waals surface area contributed by atoms with Crippen molar-refractivity contribution in [3.8, 4) is 29.2 Å². The first-order valence-electron chi connectivity index (χ1n) is 7.48. The summed E-state index contributed by atoms with van der Waals surface area (Å²) in [6.07, 6.45) is 0. The van der Waals surface area contributed by atoms with E-state index in [0.29, 0.717) is 28.7 Å². The molecule has 0 aliphatic carbocycles. The van der Waals surface area contributed by atoms with Crippen LogP contribution in [0.25, 0.3) is 0 Å². The third-order valence-corrected chi connectivity index (χ3v) is 4.18. The van der Waals surface area contributed by atoms with E-state index in [9.17, 15) is 5.26 Å². The second-order valence-electron chi connectivity index (χ2n) is 5.44. The van der Waals surface area contributed by atoms with E-state index in [4.69, 9.17) is 24.7 Å². The van der Waals surface area contributed by atoms with Gasteiger partial charge in [-0.25, -0.2) is 0 Å². The Balaban J connectivity index is 2.30. The number of allylic oxidation sites excluding steroid dienone is 1. The normalized spacial score (nSPS) is 15.9. The van der Waals surface area contributed by atoms with E-state index in [1.54, 1.807) is 33.5 Å². The lowest BCUT2D eigenvalue weighted by Gasteiger charge is -2.25. The molecule has 0 amide bonds. The monoisotopic (exact) mass is 342 g/mol. The maximum atomic E-state index is 9.64. The van der Waals surface area contributed by atoms with Crippen LogP contribution in [0, 0.1) is 18.3 Å². The molecule has 3 rings (SSSR count). The predicted molar refractivity (Wildman–Crippen MR) is 88.7 cm³/mol. The fourth-order valence-electron chi connectivity index (χ4n) is 2.99. The summed E-state index contributed by atoms with van der Waals surface area (Å²) in [7, 11) is 4.64. The zero-order valence-corrected chi connectivity index (χ0v) is 14.3. The molecular formula is C17H18N4O4. The summed E-state index contributed by atoms with van der Waals surface area (Å²) in [5.41, 5.74) is 8.43. The molecule has 3 N–H and O–H groups in total. The van der Waals surface area contributed by atoms with Crippen LogP contribution in [0.15, 0.2) is 23.6 Å². The second-order valence-corrected chi connectivity index (χ2v) is 5.44. The molecule has 1 aliphatic heterocycles. The Bertz CT molecular complexity index is 895. The molecule has 0 spiro atoms. The van der Waals surface area contributed by atoms with Crippen LogP contribution >= 0.6 is 0 Å². The molecule has 2 aromatic rings. The highest BCUT2D eigenvalue weighted by Crippen LogP contribution is 2.48. The summed E-state index contributed by atoms with van der Waals surface area (Å²) in [5, 5.41) is 16.6. The molecule has 0 fully saturated rings. The zero-order chi connectivity index (χ0) is 18.1. The van der Waals surface area contributed by atoms with Crippen LogP contribution in [0.1, 0.15) is 22.7 Å². The number of aromatic amines is 1. The van der Waals surface area contributed by atoms with Crippen molar-refractivity contribution in [2.45, 2.75) is 12.8 Å². The molecule has 130 valence electrons. The fourth-order valence-corrected chi connectivity index (χ4v) is 2.99. The van der Waals surface area contributed by atoms with E-state index < -0.39 is 5.92 Å². The summed E-state index contributed by atoms with van der Waals surface area (Å²) in [4.78, 5) is 0. The third kappa shape index (κ3) is 2.50. The molecule has 8 nitrogen and oxygen atoms in total. The number of methoxy groups -OCH3 is 3. The van der Waals surface area contributed by atoms with E-state index in [-0.39, 0.29) is 11.5 Å². The smallest absolute Gasteiger partial charge is 0.244 e. The predicted octanol–water partition coefficient (Wildman–Crippen LogP) is 1.96. The maximum Gasteiger partial charge on any atom is 0.244 e. The maximum absolute atomic E-state index is 9.64. The van der Waals surface area contributed by atoms with Crippen molar-refractivity contribution >= 4 is 0 Å². The van der Waals surface area contributed by atoms with Crippen LogP contribution < -0.4 is 24.7 Å². The Morgan fingerprint density at radius 3 is 2.40 bits per heavy atom. The number of fused-ring (bicyclic) bond motifs is 1. The van der Waals surface area contributed by atoms with Gasteiger partial charge in [-0.05, 0) is 13.0 Å². The van der Waals surface area contributed by atoms with Crippen molar-refractivity contribution in [2.24, 2.45) is 5.73 Å². The minimum Gasteiger partial charge on any atom is -0.496 e. The number of nitrogens with zero attached hydrogens (tertiary/aromatic N) is 2. The van der Waals surface area contributed by atoms with Gasteiger partial charge in [0.25, 0.3) is 0 Å². The number of rotatable bonds is 4. The standard InChI is InChI=1S/C17H18N4O4/c1-8-14-15(10(7-18)16(19)25-17(14)21-20-8)9-5-12(23-3)13(24-4)6-11(9)22-2/h5-6,15H,19H2,1-4H3,(H,20,21)/t15-/m0/s1. The summed E-state index contributed by atoms with van der Waals surface area (Å²) in [6, 6.07) is 5.62. The molecular weight excluding hydrogens is 324 g/mol. The fraction of sp³-hybridized carbons (Fsp3) is 0.294. The van der Waals surface area contributed by atoms with Gasteiger partial charge in [0.05, 0.1) is 27.2 Å². The largest absolute Gasteiger partial charge is 0.496 e. The lowest BCUT2D eigenvalue weighted by Crippen LogP contribution is -2.21. The number of hydrogen-bond acceptors (Lipinski definition) is 7. The van der Waals surface area contributed by atoms with E-state index in [1.165, 1.54) is 0 Å². The van der Waals surface area contributed by atoms with Crippen LogP contribution in [0.5, 0.6) is 23.1 Å². The van der Waals surface area contributed by atoms with Crippen LogP contribution in [-0.4, -0.2) is 31.5 Å². The topological polar surface area (TPSA) is 115 Å². The summed E-state index contributed by atoms with van der Waals surface area (Å²) < 4.78 is 21.7. The summed E-state index contributed by atoms with van der Waals surface area (Å²) in [5.74, 6) is 1.44. The minimum absolute atomic E-state index is 0.0170. The summed E-state index contributed by atoms with van der Waals surface area (Å²) in [6.45, 7) is 1.85. The SMILES string of the molecule is COc1cc(OC)c([C@H]2C(C#N)=C(N)Oc3n[nH]c(C)c32)cc1OC. The number of aryl methyl sites for hydroxylation is 1. The highest BCUT2D eigenvalue weighted by Gasteiger charge is 2.36. The molecule has 1 aromatic carbocycles. The lowest BCUT2D eigenvalue weighted by molar-refractivity contribution is 0.346. The first-order chi connectivity index (χ1) is 12.0. The number of benzene rings is 1. The Kier molecular flexibility index (Phi) is 4.15. The van der Waals surface area contributed by atoms with Gasteiger partial charge < -0.3 is 24.7 Å². The van der Waals surface area contributed by atoms with Gasteiger partial charge in [-0.3, -0.25) is 5.10 Å². The quantitative estimate of drug-likeness (QED) is 0.872. The van der Waals surface area contributed by atoms with Crippen LogP contribution in [0.4, 0.5) is 0 Å². The van der Waals surface area contributed by atoms with Gasteiger partial charge in [0.1, 0.15) is 17.4 Å². The zero-order valence-electron chi connectivity index (χ0n) is 14.3. The highest BCUT2D eigenvalue weighted by atomic mass is 16.5. The minimum atomic E-state index is -0.498. The van der Waals surface area contributed by atoms with Gasteiger partial charge in [0.15, 0.2) is 11.5 Å². The molecule has 0 bridgehead atoms. The average molecular weight is 342 g/mol. The molecule has 25 heavy (non-hydrogen) atoms. The van der Waals surface area contributed by atoms with Crippen LogP contribution in [0.3, 0.4) is 0 Å². The van der Waals surface area contributed by atoms with Crippen molar-refractivity contribution in [2.75, 3.05) is 21.3 Å². The van der Waals surface area contributed by atoms with Gasteiger partial charge in [0, 0.05) is 22.9 Å². The Labute approximate surface area is 144 Å². The number of aromatic nitrogens is 2. The lowest BCUT2D eigenvalue weighted by atomic mass is 9.83. The van der Waals surface area contributed by atoms with Crippen molar-refractivity contribution in [1.29, 1.82) is 5.26 Å². The number of ether oxygens (including phenoxy) is 4. The van der Waals surface area contributed by atoms with Crippen molar-refractivity contribution in [3.63, 3.8) is 0 Å². The van der Waals surface area contributed by atoms with E-state index in [0.717, 1.165) is 11.3 Å². The van der Waals surface area contributed by atoms with Crippen molar-refractivity contribution < 1.29 is 18.9 Å². The molecule has 8 heteroatoms. The number of nitriles is 1. The number of nitrogens with one attached hydrogen (secondary N) is 1. The van der Waals surface area contributed by atoms with E-state index in [2.05, 4.69) is 16.3 Å². The number of H-pyrrole nitrogens is 1. The first-order valence-corrected chi connectivity index (χ1v) is 7.48. The van der Waals surface area contributed by atoms with Crippen molar-refractivity contribution in [3.05, 3.63) is 40.4 Å². The van der Waals surface area contributed by atoms with E-state index >= 15 is 0 Å². The Morgan fingerprint density at radius 2 is 1.80 bits per heavy atom. The number of hydrogen-bond donors (Lipinski definition) is 2. The van der Waals surface area contributed by atoms with Gasteiger partial charge in [-0.15, -0.1) is 5.10 Å². The molecule has 1 atom stereocenters. The van der Waals surface area contributed by atoms with Crippen LogP contribution in [0.2, 0.25) is 0 Å². The Morgan fingerprint density at radius 1 is 1.16 bits per heavy atom. The average Bonchev–Trinajstić information content (AvgIpc) is 2.99. The van der Waals surface area contributed by atoms with Gasteiger partial charge in [-0.1, -0.05) is 0 Å². The molecule has 0 saturated carbocycles. The molecule has 2 heterocycles. The van der Waals surface area contributed by atoms with Gasteiger partial charge in [0.2, 0.25) is 11.8 Å². The second kappa shape index (κ2) is 6.28. The van der Waals surface area contributed by atoms with Crippen LogP contribution in [-0.2, 0) is 0 Å². The molecule has 0 unspecified atom stereocenters. The summed E-state index contributed by atoms with van der Waals surface area (Å²) >= 11 is 0. The van der Waals surface area contributed by atoms with Gasteiger partial charge >= 0.3 is 0 Å². The highest BCUT2D eigenvalue weighted by molar-refractivity contribution is 5.61. The van der Waals surface area contributed by atoms with Crippen molar-refractivity contribution in [1.82, 2.24) is 10.2 Å². The van der Waals surface area contributed by atoms with E-state index in [1.807, 2.05) is 6.92 Å². The number of nitrogens with two attached hydrogens (primary N) is 1. The molecule has 0 saturated heterocycles. The molecule has 0 radical (unpaired) electrons. The Hall–Kier alpha value is -3.34. The first kappa shape index (κ1) is 16.5. The molecule has 1 aliphatic rings. The molecule has 1 aromatic heterocycles. The third-order valence-electron chi connectivity index (χ3n) is 4.18.